The lowest BCUT2D eigenvalue weighted by Gasteiger charge is -2.20. The predicted octanol–water partition coefficient (Wildman–Crippen LogP) is 3.44. The first-order valence-electron chi connectivity index (χ1n) is 6.50. The summed E-state index contributed by atoms with van der Waals surface area (Å²) in [6, 6.07) is 8.33. The number of rotatable bonds is 4. The van der Waals surface area contributed by atoms with Gasteiger partial charge in [-0.3, -0.25) is 0 Å². The van der Waals surface area contributed by atoms with E-state index >= 15 is 0 Å². The first kappa shape index (κ1) is 13.5. The van der Waals surface area contributed by atoms with Gasteiger partial charge in [0.15, 0.2) is 0 Å². The second-order valence-electron chi connectivity index (χ2n) is 4.34. The maximum atomic E-state index is 13.0. The standard InChI is InChI=1S/C15H18FN3/c1-4-19(5-2)15-10-14(17-11(3)18-15)12-6-8-13(16)9-7-12/h6-10H,4-5H2,1-3H3. The summed E-state index contributed by atoms with van der Waals surface area (Å²) in [6.45, 7) is 7.86. The zero-order valence-electron chi connectivity index (χ0n) is 11.5. The van der Waals surface area contributed by atoms with Crippen molar-refractivity contribution in [2.24, 2.45) is 0 Å². The average Bonchev–Trinajstić information content (AvgIpc) is 2.40. The van der Waals surface area contributed by atoms with Crippen LogP contribution in [-0.2, 0) is 0 Å². The molecule has 1 aromatic heterocycles. The van der Waals surface area contributed by atoms with Crippen LogP contribution >= 0.6 is 0 Å². The van der Waals surface area contributed by atoms with E-state index in [1.807, 2.05) is 13.0 Å². The molecule has 100 valence electrons. The van der Waals surface area contributed by atoms with Crippen molar-refractivity contribution >= 4 is 5.82 Å². The molecule has 1 heterocycles. The highest BCUT2D eigenvalue weighted by molar-refractivity contribution is 5.62. The Hall–Kier alpha value is -1.97. The number of halogens is 1. The fourth-order valence-corrected chi connectivity index (χ4v) is 2.03. The maximum absolute atomic E-state index is 13.0. The summed E-state index contributed by atoms with van der Waals surface area (Å²) >= 11 is 0. The second-order valence-corrected chi connectivity index (χ2v) is 4.34. The molecule has 0 atom stereocenters. The molecule has 19 heavy (non-hydrogen) atoms. The van der Waals surface area contributed by atoms with Gasteiger partial charge in [0.2, 0.25) is 0 Å². The van der Waals surface area contributed by atoms with Crippen LogP contribution < -0.4 is 4.90 Å². The number of hydrogen-bond donors (Lipinski definition) is 0. The molecule has 2 rings (SSSR count). The summed E-state index contributed by atoms with van der Waals surface area (Å²) < 4.78 is 13.0. The van der Waals surface area contributed by atoms with Crippen LogP contribution in [-0.4, -0.2) is 23.1 Å². The highest BCUT2D eigenvalue weighted by Gasteiger charge is 2.08. The molecule has 0 saturated carbocycles. The van der Waals surface area contributed by atoms with Gasteiger partial charge in [0.1, 0.15) is 17.5 Å². The Morgan fingerprint density at radius 2 is 1.68 bits per heavy atom. The van der Waals surface area contributed by atoms with E-state index in [2.05, 4.69) is 28.7 Å². The van der Waals surface area contributed by atoms with Crippen molar-refractivity contribution in [3.63, 3.8) is 0 Å². The molecule has 0 N–H and O–H groups in total. The van der Waals surface area contributed by atoms with Crippen molar-refractivity contribution in [2.45, 2.75) is 20.8 Å². The molecular formula is C15H18FN3. The summed E-state index contributed by atoms with van der Waals surface area (Å²) in [6.07, 6.45) is 0. The number of aromatic nitrogens is 2. The largest absolute Gasteiger partial charge is 0.357 e. The predicted molar refractivity (Wildman–Crippen MR) is 75.7 cm³/mol. The molecule has 0 spiro atoms. The zero-order chi connectivity index (χ0) is 13.8. The lowest BCUT2D eigenvalue weighted by molar-refractivity contribution is 0.628. The third kappa shape index (κ3) is 3.08. The molecule has 0 fully saturated rings. The van der Waals surface area contributed by atoms with E-state index in [1.54, 1.807) is 12.1 Å². The van der Waals surface area contributed by atoms with E-state index in [9.17, 15) is 4.39 Å². The van der Waals surface area contributed by atoms with Crippen molar-refractivity contribution in [3.8, 4) is 11.3 Å². The average molecular weight is 259 g/mol. The molecule has 0 unspecified atom stereocenters. The van der Waals surface area contributed by atoms with Gasteiger partial charge in [-0.1, -0.05) is 0 Å². The highest BCUT2D eigenvalue weighted by Crippen LogP contribution is 2.22. The quantitative estimate of drug-likeness (QED) is 0.842. The van der Waals surface area contributed by atoms with E-state index in [0.717, 1.165) is 36.0 Å². The number of nitrogens with zero attached hydrogens (tertiary/aromatic N) is 3. The monoisotopic (exact) mass is 259 g/mol. The van der Waals surface area contributed by atoms with E-state index in [4.69, 9.17) is 0 Å². The Morgan fingerprint density at radius 1 is 1.05 bits per heavy atom. The Morgan fingerprint density at radius 3 is 2.26 bits per heavy atom. The molecule has 0 aliphatic carbocycles. The Kier molecular flexibility index (Phi) is 4.10. The van der Waals surface area contributed by atoms with Gasteiger partial charge in [-0.05, 0) is 45.0 Å². The molecule has 0 saturated heterocycles. The van der Waals surface area contributed by atoms with Crippen molar-refractivity contribution < 1.29 is 4.39 Å². The third-order valence-electron chi connectivity index (χ3n) is 3.05. The number of benzene rings is 1. The number of aryl methyl sites for hydroxylation is 1. The third-order valence-corrected chi connectivity index (χ3v) is 3.05. The van der Waals surface area contributed by atoms with Gasteiger partial charge in [-0.25, -0.2) is 14.4 Å². The molecule has 2 aromatic rings. The van der Waals surface area contributed by atoms with Crippen LogP contribution in [0.15, 0.2) is 30.3 Å². The van der Waals surface area contributed by atoms with E-state index < -0.39 is 0 Å². The highest BCUT2D eigenvalue weighted by atomic mass is 19.1. The lowest BCUT2D eigenvalue weighted by Crippen LogP contribution is -2.23. The van der Waals surface area contributed by atoms with E-state index in [1.165, 1.54) is 12.1 Å². The van der Waals surface area contributed by atoms with E-state index in [0.29, 0.717) is 0 Å². The summed E-state index contributed by atoms with van der Waals surface area (Å²) in [5, 5.41) is 0. The Balaban J connectivity index is 2.44. The van der Waals surface area contributed by atoms with Crippen LogP contribution in [0.3, 0.4) is 0 Å². The van der Waals surface area contributed by atoms with Gasteiger partial charge in [0.05, 0.1) is 5.69 Å². The Labute approximate surface area is 113 Å². The minimum absolute atomic E-state index is 0.238. The number of anilines is 1. The molecule has 0 radical (unpaired) electrons. The van der Waals surface area contributed by atoms with Gasteiger partial charge < -0.3 is 4.90 Å². The molecule has 0 bridgehead atoms. The minimum atomic E-state index is -0.238. The van der Waals surface area contributed by atoms with Crippen LogP contribution in [0, 0.1) is 12.7 Å². The van der Waals surface area contributed by atoms with Crippen molar-refractivity contribution in [1.82, 2.24) is 9.97 Å². The van der Waals surface area contributed by atoms with Crippen molar-refractivity contribution in [1.29, 1.82) is 0 Å². The smallest absolute Gasteiger partial charge is 0.132 e. The first-order valence-corrected chi connectivity index (χ1v) is 6.50. The summed E-state index contributed by atoms with van der Waals surface area (Å²) in [4.78, 5) is 11.1. The van der Waals surface area contributed by atoms with Gasteiger partial charge in [0, 0.05) is 24.7 Å². The van der Waals surface area contributed by atoms with Crippen LogP contribution in [0.5, 0.6) is 0 Å². The van der Waals surface area contributed by atoms with Crippen molar-refractivity contribution in [3.05, 3.63) is 42.0 Å². The van der Waals surface area contributed by atoms with Gasteiger partial charge in [-0.15, -0.1) is 0 Å². The molecule has 0 aliphatic rings. The fourth-order valence-electron chi connectivity index (χ4n) is 2.03. The number of hydrogen-bond acceptors (Lipinski definition) is 3. The summed E-state index contributed by atoms with van der Waals surface area (Å²) in [5.41, 5.74) is 1.73. The molecule has 1 aromatic carbocycles. The SMILES string of the molecule is CCN(CC)c1cc(-c2ccc(F)cc2)nc(C)n1. The minimum Gasteiger partial charge on any atom is -0.357 e. The molecule has 0 aliphatic heterocycles. The van der Waals surface area contributed by atoms with Crippen LogP contribution in [0.2, 0.25) is 0 Å². The van der Waals surface area contributed by atoms with Crippen LogP contribution in [0.25, 0.3) is 11.3 Å². The zero-order valence-corrected chi connectivity index (χ0v) is 11.5. The lowest BCUT2D eigenvalue weighted by atomic mass is 10.1. The second kappa shape index (κ2) is 5.78. The van der Waals surface area contributed by atoms with Crippen LogP contribution in [0.4, 0.5) is 10.2 Å². The molecule has 0 amide bonds. The maximum Gasteiger partial charge on any atom is 0.132 e. The molecular weight excluding hydrogens is 241 g/mol. The van der Waals surface area contributed by atoms with Gasteiger partial charge in [0.25, 0.3) is 0 Å². The summed E-state index contributed by atoms with van der Waals surface area (Å²) in [5.74, 6) is 1.40. The van der Waals surface area contributed by atoms with Crippen LogP contribution in [0.1, 0.15) is 19.7 Å². The normalized spacial score (nSPS) is 10.5. The first-order chi connectivity index (χ1) is 9.13. The topological polar surface area (TPSA) is 29.0 Å². The van der Waals surface area contributed by atoms with E-state index in [-0.39, 0.29) is 5.82 Å². The molecule has 3 nitrogen and oxygen atoms in total. The summed E-state index contributed by atoms with van der Waals surface area (Å²) in [7, 11) is 0. The molecule has 4 heteroatoms. The fraction of sp³-hybridized carbons (Fsp3) is 0.333. The van der Waals surface area contributed by atoms with Gasteiger partial charge >= 0.3 is 0 Å². The Bertz CT molecular complexity index is 548. The van der Waals surface area contributed by atoms with Gasteiger partial charge in [-0.2, -0.15) is 0 Å². The van der Waals surface area contributed by atoms with Crippen molar-refractivity contribution in [2.75, 3.05) is 18.0 Å².